The van der Waals surface area contributed by atoms with Gasteiger partial charge in [-0.2, -0.15) is 9.61 Å². The summed E-state index contributed by atoms with van der Waals surface area (Å²) in [4.78, 5) is 20.3. The molecule has 9 nitrogen and oxygen atoms in total. The maximum Gasteiger partial charge on any atom is 0.413 e. The third-order valence-electron chi connectivity index (χ3n) is 4.63. The molecule has 154 valence electrons. The first-order valence-corrected chi connectivity index (χ1v) is 9.92. The van der Waals surface area contributed by atoms with Crippen molar-refractivity contribution >= 4 is 40.5 Å². The monoisotopic (exact) mass is 435 g/mol. The summed E-state index contributed by atoms with van der Waals surface area (Å²) in [7, 11) is 1.42. The van der Waals surface area contributed by atoms with Crippen LogP contribution in [-0.2, 0) is 0 Å². The van der Waals surface area contributed by atoms with Crippen LogP contribution in [0.3, 0.4) is 0 Å². The summed E-state index contributed by atoms with van der Waals surface area (Å²) in [6, 6.07) is 15.2. The van der Waals surface area contributed by atoms with Crippen LogP contribution < -0.4 is 4.90 Å². The molecule has 0 atom stereocenters. The van der Waals surface area contributed by atoms with E-state index in [0.717, 1.165) is 15.4 Å². The lowest BCUT2D eigenvalue weighted by Crippen LogP contribution is -2.24. The van der Waals surface area contributed by atoms with E-state index in [9.17, 15) is 9.18 Å². The van der Waals surface area contributed by atoms with Crippen LogP contribution in [0.4, 0.5) is 15.1 Å². The zero-order valence-electron chi connectivity index (χ0n) is 16.0. The molecule has 0 bridgehead atoms. The van der Waals surface area contributed by atoms with Crippen molar-refractivity contribution in [3.05, 3.63) is 60.4 Å². The van der Waals surface area contributed by atoms with Gasteiger partial charge in [-0.25, -0.2) is 14.2 Å². The van der Waals surface area contributed by atoms with E-state index in [1.165, 1.54) is 30.9 Å². The molecule has 3 aromatic heterocycles. The number of aromatic amines is 1. The highest BCUT2D eigenvalue weighted by molar-refractivity contribution is 7.99. The molecule has 31 heavy (non-hydrogen) atoms. The minimum absolute atomic E-state index is 0.239. The van der Waals surface area contributed by atoms with E-state index in [2.05, 4.69) is 25.3 Å². The van der Waals surface area contributed by atoms with Gasteiger partial charge in [0.2, 0.25) is 11.1 Å². The summed E-state index contributed by atoms with van der Waals surface area (Å²) < 4.78 is 14.8. The number of fused-ring (bicyclic) bond motifs is 2. The minimum atomic E-state index is -1.10. The Bertz CT molecular complexity index is 1430. The Labute approximate surface area is 178 Å². The molecule has 0 saturated carbocycles. The molecule has 1 amide bonds. The van der Waals surface area contributed by atoms with Crippen molar-refractivity contribution in [2.45, 2.75) is 10.1 Å². The lowest BCUT2D eigenvalue weighted by Gasteiger charge is -2.07. The van der Waals surface area contributed by atoms with Crippen molar-refractivity contribution in [1.29, 1.82) is 0 Å². The Morgan fingerprint density at radius 2 is 1.94 bits per heavy atom. The molecule has 2 aromatic carbocycles. The standard InChI is InChI=1S/C20H14FN7O2S/c1-27(20(29)30)18-22-15-7-6-13(10-16(15)23-18)31-19-25-24-17-9-8-14(26-28(17)19)11-2-4-12(21)5-3-11/h2-10H,1H3,(H,22,23)(H,29,30). The van der Waals surface area contributed by atoms with E-state index < -0.39 is 6.09 Å². The zero-order valence-corrected chi connectivity index (χ0v) is 16.8. The molecular weight excluding hydrogens is 421 g/mol. The summed E-state index contributed by atoms with van der Waals surface area (Å²) in [5.74, 6) is -0.0690. The Balaban J connectivity index is 1.48. The van der Waals surface area contributed by atoms with Gasteiger partial charge in [0.05, 0.1) is 16.7 Å². The SMILES string of the molecule is CN(C(=O)O)c1nc2ccc(Sc3nnc4ccc(-c5ccc(F)cc5)nn34)cc2[nH]1. The number of halogens is 1. The van der Waals surface area contributed by atoms with Crippen molar-refractivity contribution in [3.8, 4) is 11.3 Å². The minimum Gasteiger partial charge on any atom is -0.465 e. The van der Waals surface area contributed by atoms with Crippen LogP contribution in [0.25, 0.3) is 27.9 Å². The normalized spacial score (nSPS) is 11.3. The van der Waals surface area contributed by atoms with Crippen LogP contribution in [0.1, 0.15) is 0 Å². The van der Waals surface area contributed by atoms with E-state index in [1.54, 1.807) is 28.8 Å². The van der Waals surface area contributed by atoms with E-state index >= 15 is 0 Å². The van der Waals surface area contributed by atoms with Crippen molar-refractivity contribution in [2.24, 2.45) is 0 Å². The van der Waals surface area contributed by atoms with Gasteiger partial charge in [-0.15, -0.1) is 10.2 Å². The molecule has 11 heteroatoms. The predicted octanol–water partition coefficient (Wildman–Crippen LogP) is 4.07. The van der Waals surface area contributed by atoms with Crippen LogP contribution >= 0.6 is 11.8 Å². The Morgan fingerprint density at radius 3 is 2.71 bits per heavy atom. The lowest BCUT2D eigenvalue weighted by molar-refractivity contribution is 0.203. The second kappa shape index (κ2) is 7.36. The fourth-order valence-electron chi connectivity index (χ4n) is 3.00. The number of rotatable bonds is 4. The molecule has 5 aromatic rings. The van der Waals surface area contributed by atoms with Crippen molar-refractivity contribution in [3.63, 3.8) is 0 Å². The molecule has 0 aliphatic carbocycles. The molecular formula is C20H14FN7O2S. The number of anilines is 1. The van der Waals surface area contributed by atoms with Crippen LogP contribution in [-0.4, -0.2) is 48.0 Å². The number of benzene rings is 2. The second-order valence-electron chi connectivity index (χ2n) is 6.66. The summed E-state index contributed by atoms with van der Waals surface area (Å²) in [6.07, 6.45) is -1.10. The van der Waals surface area contributed by atoms with Crippen LogP contribution in [0, 0.1) is 5.82 Å². The Hall–Kier alpha value is -3.99. The predicted molar refractivity (Wildman–Crippen MR) is 113 cm³/mol. The number of carboxylic acid groups (broad SMARTS) is 1. The largest absolute Gasteiger partial charge is 0.465 e. The highest BCUT2D eigenvalue weighted by Crippen LogP contribution is 2.30. The lowest BCUT2D eigenvalue weighted by atomic mass is 10.1. The van der Waals surface area contributed by atoms with E-state index in [0.29, 0.717) is 27.5 Å². The highest BCUT2D eigenvalue weighted by Gasteiger charge is 2.15. The van der Waals surface area contributed by atoms with Gasteiger partial charge in [0.1, 0.15) is 5.82 Å². The molecule has 0 unspecified atom stereocenters. The molecule has 0 aliphatic rings. The van der Waals surface area contributed by atoms with Crippen molar-refractivity contribution in [2.75, 3.05) is 11.9 Å². The number of H-pyrrole nitrogens is 1. The number of amides is 1. The molecule has 3 heterocycles. The quantitative estimate of drug-likeness (QED) is 0.437. The summed E-state index contributed by atoms with van der Waals surface area (Å²) >= 11 is 1.36. The average molecular weight is 435 g/mol. The molecule has 0 fully saturated rings. The van der Waals surface area contributed by atoms with Crippen molar-refractivity contribution < 1.29 is 14.3 Å². The van der Waals surface area contributed by atoms with E-state index in [4.69, 9.17) is 5.11 Å². The number of hydrogen-bond acceptors (Lipinski definition) is 6. The van der Waals surface area contributed by atoms with Gasteiger partial charge in [-0.05, 0) is 66.4 Å². The first-order valence-electron chi connectivity index (χ1n) is 9.10. The Kier molecular flexibility index (Phi) is 4.51. The number of imidazole rings is 1. The number of nitrogens with one attached hydrogen (secondary N) is 1. The first-order chi connectivity index (χ1) is 15.0. The molecule has 0 radical (unpaired) electrons. The molecule has 5 rings (SSSR count). The van der Waals surface area contributed by atoms with E-state index in [-0.39, 0.29) is 11.8 Å². The van der Waals surface area contributed by atoms with Crippen LogP contribution in [0.15, 0.2) is 64.6 Å². The van der Waals surface area contributed by atoms with Gasteiger partial charge in [-0.1, -0.05) is 0 Å². The average Bonchev–Trinajstić information content (AvgIpc) is 3.37. The van der Waals surface area contributed by atoms with Gasteiger partial charge in [-0.3, -0.25) is 4.90 Å². The smallest absolute Gasteiger partial charge is 0.413 e. The number of nitrogens with zero attached hydrogens (tertiary/aromatic N) is 6. The number of aromatic nitrogens is 6. The molecule has 0 aliphatic heterocycles. The fourth-order valence-corrected chi connectivity index (χ4v) is 3.83. The first kappa shape index (κ1) is 19.0. The summed E-state index contributed by atoms with van der Waals surface area (Å²) in [6.45, 7) is 0. The summed E-state index contributed by atoms with van der Waals surface area (Å²) in [5.41, 5.74) is 3.37. The zero-order chi connectivity index (χ0) is 21.5. The third kappa shape index (κ3) is 3.55. The van der Waals surface area contributed by atoms with Crippen molar-refractivity contribution in [1.82, 2.24) is 29.8 Å². The van der Waals surface area contributed by atoms with E-state index in [1.807, 2.05) is 18.2 Å². The molecule has 0 saturated heterocycles. The van der Waals surface area contributed by atoms with Gasteiger partial charge in [0.25, 0.3) is 0 Å². The highest BCUT2D eigenvalue weighted by atomic mass is 32.2. The van der Waals surface area contributed by atoms with Gasteiger partial charge < -0.3 is 10.1 Å². The maximum atomic E-state index is 13.2. The molecule has 0 spiro atoms. The number of carbonyl (C=O) groups is 1. The third-order valence-corrected chi connectivity index (χ3v) is 5.56. The van der Waals surface area contributed by atoms with Crippen LogP contribution in [0.5, 0.6) is 0 Å². The maximum absolute atomic E-state index is 13.2. The van der Waals surface area contributed by atoms with Gasteiger partial charge >= 0.3 is 6.09 Å². The Morgan fingerprint density at radius 1 is 1.13 bits per heavy atom. The number of hydrogen-bond donors (Lipinski definition) is 2. The topological polar surface area (TPSA) is 112 Å². The fraction of sp³-hybridized carbons (Fsp3) is 0.0500. The molecule has 2 N–H and O–H groups in total. The van der Waals surface area contributed by atoms with Gasteiger partial charge in [0.15, 0.2) is 5.65 Å². The van der Waals surface area contributed by atoms with Crippen LogP contribution in [0.2, 0.25) is 0 Å². The summed E-state index contributed by atoms with van der Waals surface area (Å²) in [5, 5.41) is 22.6. The second-order valence-corrected chi connectivity index (χ2v) is 7.70. The van der Waals surface area contributed by atoms with Gasteiger partial charge in [0, 0.05) is 17.5 Å².